The molecule has 0 fully saturated rings. The lowest BCUT2D eigenvalue weighted by Gasteiger charge is -2.03. The molecule has 0 bridgehead atoms. The van der Waals surface area contributed by atoms with Crippen molar-refractivity contribution < 1.29 is 23.1 Å². The third-order valence-corrected chi connectivity index (χ3v) is 2.42. The Morgan fingerprint density at radius 3 is 2.57 bits per heavy atom. The van der Waals surface area contributed by atoms with Crippen LogP contribution in [-0.2, 0) is 19.8 Å². The number of carbonyl (C=O) groups is 1. The molecule has 2 rings (SSSR count). The highest BCUT2D eigenvalue weighted by Gasteiger charge is 2.36. The minimum absolute atomic E-state index is 0.0476. The Morgan fingerprint density at radius 1 is 1.38 bits per heavy atom. The minimum atomic E-state index is -4.61. The van der Waals surface area contributed by atoms with Crippen molar-refractivity contribution in [2.75, 3.05) is 5.32 Å². The molecular formula is C10H9F3N6O2. The Kier molecular flexibility index (Phi) is 3.74. The predicted molar refractivity (Wildman–Crippen MR) is 62.3 cm³/mol. The van der Waals surface area contributed by atoms with Gasteiger partial charge in [-0.3, -0.25) is 4.68 Å². The van der Waals surface area contributed by atoms with E-state index >= 15 is 0 Å². The number of aromatic carboxylic acids is 1. The van der Waals surface area contributed by atoms with Gasteiger partial charge in [-0.1, -0.05) is 0 Å². The molecule has 0 aliphatic heterocycles. The van der Waals surface area contributed by atoms with Crippen LogP contribution in [0.2, 0.25) is 0 Å². The standard InChI is InChI=1S/C10H9F3N6O2/c1-19-7(15-9(18-19)10(11,12)13)4-14-6-3-2-5(8(20)21)16-17-6/h2-3H,4H2,1H3,(H,14,17)(H,20,21). The number of aromatic nitrogens is 5. The van der Waals surface area contributed by atoms with Crippen molar-refractivity contribution in [3.63, 3.8) is 0 Å². The van der Waals surface area contributed by atoms with Gasteiger partial charge < -0.3 is 10.4 Å². The van der Waals surface area contributed by atoms with Gasteiger partial charge in [-0.05, 0) is 12.1 Å². The number of carboxylic acids is 1. The lowest BCUT2D eigenvalue weighted by atomic mass is 10.4. The van der Waals surface area contributed by atoms with Gasteiger partial charge in [0.05, 0.1) is 6.54 Å². The molecule has 8 nitrogen and oxygen atoms in total. The molecule has 2 N–H and O–H groups in total. The van der Waals surface area contributed by atoms with E-state index in [0.29, 0.717) is 0 Å². The number of aryl methyl sites for hydroxylation is 1. The van der Waals surface area contributed by atoms with Crippen molar-refractivity contribution in [3.05, 3.63) is 29.5 Å². The van der Waals surface area contributed by atoms with Crippen molar-refractivity contribution in [3.8, 4) is 0 Å². The second kappa shape index (κ2) is 5.34. The van der Waals surface area contributed by atoms with Crippen LogP contribution < -0.4 is 5.32 Å². The van der Waals surface area contributed by atoms with Crippen LogP contribution in [0.25, 0.3) is 0 Å². The van der Waals surface area contributed by atoms with Crippen LogP contribution >= 0.6 is 0 Å². The second-order valence-electron chi connectivity index (χ2n) is 3.94. The van der Waals surface area contributed by atoms with E-state index in [-0.39, 0.29) is 23.9 Å². The number of nitrogens with one attached hydrogen (secondary N) is 1. The molecule has 0 aliphatic rings. The highest BCUT2D eigenvalue weighted by Crippen LogP contribution is 2.26. The summed E-state index contributed by atoms with van der Waals surface area (Å²) in [6.07, 6.45) is -4.61. The lowest BCUT2D eigenvalue weighted by molar-refractivity contribution is -0.145. The van der Waals surface area contributed by atoms with Crippen molar-refractivity contribution in [1.29, 1.82) is 0 Å². The van der Waals surface area contributed by atoms with Gasteiger partial charge in [0.15, 0.2) is 5.69 Å². The molecule has 2 aromatic heterocycles. The van der Waals surface area contributed by atoms with Crippen molar-refractivity contribution >= 4 is 11.8 Å². The van der Waals surface area contributed by atoms with E-state index < -0.39 is 18.0 Å². The van der Waals surface area contributed by atoms with Gasteiger partial charge in [0.1, 0.15) is 11.6 Å². The fraction of sp³-hybridized carbons (Fsp3) is 0.300. The van der Waals surface area contributed by atoms with E-state index in [4.69, 9.17) is 5.11 Å². The first-order chi connectivity index (χ1) is 9.77. The van der Waals surface area contributed by atoms with Crippen molar-refractivity contribution in [2.45, 2.75) is 12.7 Å². The first kappa shape index (κ1) is 14.7. The summed E-state index contributed by atoms with van der Waals surface area (Å²) in [5.74, 6) is -2.20. The first-order valence-electron chi connectivity index (χ1n) is 5.55. The molecule has 2 heterocycles. The first-order valence-corrected chi connectivity index (χ1v) is 5.55. The summed E-state index contributed by atoms with van der Waals surface area (Å²) in [5, 5.41) is 21.6. The van der Waals surface area contributed by atoms with Crippen molar-refractivity contribution in [2.24, 2.45) is 7.05 Å². The van der Waals surface area contributed by atoms with Gasteiger partial charge in [-0.15, -0.1) is 15.3 Å². The molecule has 0 saturated carbocycles. The average Bonchev–Trinajstić information content (AvgIpc) is 2.78. The van der Waals surface area contributed by atoms with Crippen LogP contribution in [0.4, 0.5) is 19.0 Å². The van der Waals surface area contributed by atoms with Gasteiger partial charge in [-0.25, -0.2) is 9.78 Å². The number of nitrogens with zero attached hydrogens (tertiary/aromatic N) is 5. The molecule has 11 heteroatoms. The molecule has 0 aromatic carbocycles. The predicted octanol–water partition coefficient (Wildman–Crippen LogP) is 0.934. The quantitative estimate of drug-likeness (QED) is 0.865. The smallest absolute Gasteiger partial charge is 0.453 e. The van der Waals surface area contributed by atoms with Crippen LogP contribution in [-0.4, -0.2) is 36.0 Å². The van der Waals surface area contributed by atoms with Gasteiger partial charge in [-0.2, -0.15) is 13.2 Å². The largest absolute Gasteiger partial charge is 0.476 e. The molecule has 0 unspecified atom stereocenters. The SMILES string of the molecule is Cn1nc(C(F)(F)F)nc1CNc1ccc(C(=O)O)nn1. The maximum Gasteiger partial charge on any atom is 0.453 e. The summed E-state index contributed by atoms with van der Waals surface area (Å²) < 4.78 is 38.3. The van der Waals surface area contributed by atoms with E-state index in [0.717, 1.165) is 4.68 Å². The number of anilines is 1. The van der Waals surface area contributed by atoms with Crippen LogP contribution in [0.1, 0.15) is 22.1 Å². The Morgan fingerprint density at radius 2 is 2.10 bits per heavy atom. The molecule has 112 valence electrons. The number of alkyl halides is 3. The third-order valence-electron chi connectivity index (χ3n) is 2.42. The molecule has 21 heavy (non-hydrogen) atoms. The van der Waals surface area contributed by atoms with E-state index in [1.165, 1.54) is 19.2 Å². The molecule has 0 spiro atoms. The topological polar surface area (TPSA) is 106 Å². The minimum Gasteiger partial charge on any atom is -0.476 e. The molecule has 0 aliphatic carbocycles. The fourth-order valence-electron chi connectivity index (χ4n) is 1.40. The Balaban J connectivity index is 2.06. The number of rotatable bonds is 4. The van der Waals surface area contributed by atoms with Crippen LogP contribution in [0.15, 0.2) is 12.1 Å². The zero-order valence-electron chi connectivity index (χ0n) is 10.6. The second-order valence-corrected chi connectivity index (χ2v) is 3.94. The van der Waals surface area contributed by atoms with Gasteiger partial charge >= 0.3 is 12.1 Å². The molecule has 0 radical (unpaired) electrons. The molecule has 0 amide bonds. The van der Waals surface area contributed by atoms with E-state index in [1.807, 2.05) is 0 Å². The summed E-state index contributed by atoms with van der Waals surface area (Å²) in [5.41, 5.74) is -0.237. The monoisotopic (exact) mass is 302 g/mol. The van der Waals surface area contributed by atoms with Crippen molar-refractivity contribution in [1.82, 2.24) is 25.0 Å². The third kappa shape index (κ3) is 3.43. The number of halogens is 3. The van der Waals surface area contributed by atoms with Gasteiger partial charge in [0.2, 0.25) is 0 Å². The molecule has 0 saturated heterocycles. The summed E-state index contributed by atoms with van der Waals surface area (Å²) in [7, 11) is 1.33. The average molecular weight is 302 g/mol. The van der Waals surface area contributed by atoms with Crippen LogP contribution in [0.5, 0.6) is 0 Å². The maximum atomic E-state index is 12.4. The highest BCUT2D eigenvalue weighted by molar-refractivity contribution is 5.85. The molecule has 0 atom stereocenters. The fourth-order valence-corrected chi connectivity index (χ4v) is 1.40. The van der Waals surface area contributed by atoms with Gasteiger partial charge in [0.25, 0.3) is 5.82 Å². The number of hydrogen-bond acceptors (Lipinski definition) is 6. The highest BCUT2D eigenvalue weighted by atomic mass is 19.4. The number of hydrogen-bond donors (Lipinski definition) is 2. The summed E-state index contributed by atoms with van der Waals surface area (Å²) in [6, 6.07) is 2.56. The summed E-state index contributed by atoms with van der Waals surface area (Å²) in [4.78, 5) is 13.9. The lowest BCUT2D eigenvalue weighted by Crippen LogP contribution is -2.09. The van der Waals surface area contributed by atoms with E-state index in [2.05, 4.69) is 25.6 Å². The van der Waals surface area contributed by atoms with Crippen LogP contribution in [0.3, 0.4) is 0 Å². The Bertz CT molecular complexity index is 652. The zero-order valence-corrected chi connectivity index (χ0v) is 10.6. The summed E-state index contributed by atoms with van der Waals surface area (Å²) >= 11 is 0. The Labute approximate surface area is 115 Å². The normalized spacial score (nSPS) is 11.4. The summed E-state index contributed by atoms with van der Waals surface area (Å²) in [6.45, 7) is -0.0688. The molecular weight excluding hydrogens is 293 g/mol. The van der Waals surface area contributed by atoms with Crippen LogP contribution in [0, 0.1) is 0 Å². The number of carboxylic acid groups (broad SMARTS) is 1. The van der Waals surface area contributed by atoms with E-state index in [1.54, 1.807) is 0 Å². The Hall–Kier alpha value is -2.72. The maximum absolute atomic E-state index is 12.4. The molecule has 2 aromatic rings. The van der Waals surface area contributed by atoms with Gasteiger partial charge in [0, 0.05) is 7.05 Å². The zero-order chi connectivity index (χ0) is 15.6. The van der Waals surface area contributed by atoms with E-state index in [9.17, 15) is 18.0 Å².